The molecule has 1 aliphatic heterocycles. The van der Waals surface area contributed by atoms with Gasteiger partial charge in [-0.05, 0) is 26.2 Å². The molecule has 1 fully saturated rings. The summed E-state index contributed by atoms with van der Waals surface area (Å²) < 4.78 is 0. The molecule has 0 bridgehead atoms. The Morgan fingerprint density at radius 2 is 2.13 bits per heavy atom. The predicted molar refractivity (Wildman–Crippen MR) is 87.7 cm³/mol. The fourth-order valence-corrected chi connectivity index (χ4v) is 3.39. The number of nitrogens with two attached hydrogens (primary N) is 1. The number of nitrogens with zero attached hydrogens (tertiary/aromatic N) is 2. The minimum Gasteiger partial charge on any atom is -0.369 e. The summed E-state index contributed by atoms with van der Waals surface area (Å²) in [6, 6.07) is 0.0781. The summed E-state index contributed by atoms with van der Waals surface area (Å²) >= 11 is 0. The second-order valence-electron chi connectivity index (χ2n) is 6.47. The van der Waals surface area contributed by atoms with Crippen LogP contribution in [-0.2, 0) is 16.0 Å². The summed E-state index contributed by atoms with van der Waals surface area (Å²) in [4.78, 5) is 25.5. The molecule has 2 amide bonds. The third-order valence-electron chi connectivity index (χ3n) is 4.52. The number of amides is 2. The first kappa shape index (κ1) is 17.5. The predicted octanol–water partition coefficient (Wildman–Crippen LogP) is 0.271. The van der Waals surface area contributed by atoms with Gasteiger partial charge in [0.15, 0.2) is 0 Å². The first-order valence-corrected chi connectivity index (χ1v) is 8.21. The van der Waals surface area contributed by atoms with Crippen molar-refractivity contribution >= 4 is 11.8 Å². The molecule has 1 aromatic rings. The van der Waals surface area contributed by atoms with Gasteiger partial charge in [0.25, 0.3) is 0 Å². The second kappa shape index (κ2) is 7.59. The van der Waals surface area contributed by atoms with Crippen molar-refractivity contribution in [3.05, 3.63) is 17.0 Å². The number of rotatable bonds is 7. The van der Waals surface area contributed by atoms with E-state index in [2.05, 4.69) is 22.4 Å². The van der Waals surface area contributed by atoms with Crippen LogP contribution >= 0.6 is 0 Å². The number of primary amides is 1. The van der Waals surface area contributed by atoms with E-state index < -0.39 is 0 Å². The normalized spacial score (nSPS) is 21.5. The highest BCUT2D eigenvalue weighted by molar-refractivity contribution is 5.79. The third kappa shape index (κ3) is 4.54. The van der Waals surface area contributed by atoms with Gasteiger partial charge in [0.1, 0.15) is 0 Å². The lowest BCUT2D eigenvalue weighted by Crippen LogP contribution is -2.42. The molecule has 4 N–H and O–H groups in total. The van der Waals surface area contributed by atoms with Gasteiger partial charge in [0.2, 0.25) is 11.8 Å². The third-order valence-corrected chi connectivity index (χ3v) is 4.52. The molecule has 0 saturated carbocycles. The van der Waals surface area contributed by atoms with Crippen LogP contribution in [0.15, 0.2) is 0 Å². The monoisotopic (exact) mass is 321 g/mol. The van der Waals surface area contributed by atoms with Crippen LogP contribution in [-0.4, -0.2) is 52.6 Å². The van der Waals surface area contributed by atoms with Crippen molar-refractivity contribution in [1.82, 2.24) is 20.4 Å². The molecule has 1 saturated heterocycles. The Morgan fingerprint density at radius 1 is 1.39 bits per heavy atom. The van der Waals surface area contributed by atoms with Crippen molar-refractivity contribution in [3.8, 4) is 0 Å². The van der Waals surface area contributed by atoms with Gasteiger partial charge in [-0.3, -0.25) is 19.6 Å². The van der Waals surface area contributed by atoms with Crippen LogP contribution in [0.25, 0.3) is 0 Å². The topological polar surface area (TPSA) is 104 Å². The molecule has 128 valence electrons. The Hall–Kier alpha value is -1.89. The van der Waals surface area contributed by atoms with E-state index in [1.54, 1.807) is 0 Å². The summed E-state index contributed by atoms with van der Waals surface area (Å²) in [5.74, 6) is 0.0522. The molecule has 0 radical (unpaired) electrons. The smallest absolute Gasteiger partial charge is 0.231 e. The number of aryl methyl sites for hydroxylation is 2. The molecular weight excluding hydrogens is 294 g/mol. The molecule has 7 nitrogen and oxygen atoms in total. The van der Waals surface area contributed by atoms with Gasteiger partial charge in [-0.2, -0.15) is 5.10 Å². The van der Waals surface area contributed by atoms with Gasteiger partial charge in [-0.1, -0.05) is 13.3 Å². The lowest BCUT2D eigenvalue weighted by atomic mass is 9.98. The Labute approximate surface area is 137 Å². The van der Waals surface area contributed by atoms with Crippen LogP contribution in [0, 0.1) is 19.8 Å². The quantitative estimate of drug-likeness (QED) is 0.670. The number of likely N-dealkylation sites (tertiary alicyclic amines) is 1. The van der Waals surface area contributed by atoms with Gasteiger partial charge >= 0.3 is 0 Å². The van der Waals surface area contributed by atoms with Gasteiger partial charge in [0.05, 0.1) is 18.7 Å². The number of nitrogens with one attached hydrogen (secondary N) is 2. The SMILES string of the molecule is CCC[C@@H]1CN(CC(N)=O)C[C@H]1NC(=O)Cc1c(C)n[nH]c1C. The number of hydrogen-bond acceptors (Lipinski definition) is 4. The molecule has 2 atom stereocenters. The van der Waals surface area contributed by atoms with Crippen LogP contribution in [0.5, 0.6) is 0 Å². The molecular formula is C16H27N5O2. The summed E-state index contributed by atoms with van der Waals surface area (Å²) in [6.45, 7) is 7.71. The minimum atomic E-state index is -0.322. The number of aromatic amines is 1. The van der Waals surface area contributed by atoms with E-state index in [9.17, 15) is 9.59 Å². The first-order chi connectivity index (χ1) is 10.9. The van der Waals surface area contributed by atoms with E-state index in [0.717, 1.165) is 36.3 Å². The molecule has 0 aliphatic carbocycles. The number of H-pyrrole nitrogens is 1. The van der Waals surface area contributed by atoms with Gasteiger partial charge in [0, 0.05) is 30.4 Å². The number of carbonyl (C=O) groups excluding carboxylic acids is 2. The maximum atomic E-state index is 12.4. The van der Waals surface area contributed by atoms with E-state index in [-0.39, 0.29) is 24.4 Å². The van der Waals surface area contributed by atoms with Crippen molar-refractivity contribution in [2.24, 2.45) is 11.7 Å². The van der Waals surface area contributed by atoms with E-state index in [1.807, 2.05) is 18.7 Å². The Bertz CT molecular complexity index is 549. The zero-order valence-electron chi connectivity index (χ0n) is 14.2. The van der Waals surface area contributed by atoms with Crippen LogP contribution < -0.4 is 11.1 Å². The fraction of sp³-hybridized carbons (Fsp3) is 0.688. The molecule has 0 aromatic carbocycles. The highest BCUT2D eigenvalue weighted by Crippen LogP contribution is 2.22. The zero-order valence-corrected chi connectivity index (χ0v) is 14.2. The van der Waals surface area contributed by atoms with Crippen molar-refractivity contribution in [2.45, 2.75) is 46.1 Å². The van der Waals surface area contributed by atoms with Crippen LogP contribution in [0.3, 0.4) is 0 Å². The maximum absolute atomic E-state index is 12.4. The largest absolute Gasteiger partial charge is 0.369 e. The van der Waals surface area contributed by atoms with Crippen LogP contribution in [0.1, 0.15) is 36.7 Å². The van der Waals surface area contributed by atoms with Gasteiger partial charge in [-0.15, -0.1) is 0 Å². The molecule has 0 spiro atoms. The number of hydrogen-bond donors (Lipinski definition) is 3. The minimum absolute atomic E-state index is 0.00429. The van der Waals surface area contributed by atoms with E-state index in [1.165, 1.54) is 0 Å². The van der Waals surface area contributed by atoms with Gasteiger partial charge < -0.3 is 11.1 Å². The Kier molecular flexibility index (Phi) is 5.76. The Morgan fingerprint density at radius 3 is 2.70 bits per heavy atom. The van der Waals surface area contributed by atoms with Crippen molar-refractivity contribution in [2.75, 3.05) is 19.6 Å². The van der Waals surface area contributed by atoms with Gasteiger partial charge in [-0.25, -0.2) is 0 Å². The molecule has 1 aromatic heterocycles. The molecule has 7 heteroatoms. The lowest BCUT2D eigenvalue weighted by Gasteiger charge is -2.19. The summed E-state index contributed by atoms with van der Waals surface area (Å²) in [6.07, 6.45) is 2.42. The second-order valence-corrected chi connectivity index (χ2v) is 6.47. The molecule has 0 unspecified atom stereocenters. The molecule has 2 rings (SSSR count). The molecule has 1 aliphatic rings. The van der Waals surface area contributed by atoms with Crippen molar-refractivity contribution in [3.63, 3.8) is 0 Å². The average molecular weight is 321 g/mol. The van der Waals surface area contributed by atoms with E-state index in [0.29, 0.717) is 18.9 Å². The summed E-state index contributed by atoms with van der Waals surface area (Å²) in [7, 11) is 0. The zero-order chi connectivity index (χ0) is 17.0. The number of aromatic nitrogens is 2. The van der Waals surface area contributed by atoms with Crippen molar-refractivity contribution in [1.29, 1.82) is 0 Å². The lowest BCUT2D eigenvalue weighted by molar-refractivity contribution is -0.121. The fourth-order valence-electron chi connectivity index (χ4n) is 3.39. The maximum Gasteiger partial charge on any atom is 0.231 e. The number of carbonyl (C=O) groups is 2. The Balaban J connectivity index is 1.96. The highest BCUT2D eigenvalue weighted by Gasteiger charge is 2.33. The summed E-state index contributed by atoms with van der Waals surface area (Å²) in [5, 5.41) is 10.2. The van der Waals surface area contributed by atoms with E-state index in [4.69, 9.17) is 5.73 Å². The average Bonchev–Trinajstić information content (AvgIpc) is 2.96. The van der Waals surface area contributed by atoms with Crippen LogP contribution in [0.2, 0.25) is 0 Å². The molecule has 2 heterocycles. The van der Waals surface area contributed by atoms with Crippen molar-refractivity contribution < 1.29 is 9.59 Å². The standard InChI is InChI=1S/C16H27N5O2/c1-4-5-12-7-21(9-15(17)22)8-14(12)18-16(23)6-13-10(2)19-20-11(13)3/h12,14H,4-9H2,1-3H3,(H2,17,22)(H,18,23)(H,19,20)/t12-,14-/m1/s1. The molecule has 23 heavy (non-hydrogen) atoms. The van der Waals surface area contributed by atoms with E-state index >= 15 is 0 Å². The first-order valence-electron chi connectivity index (χ1n) is 8.21. The van der Waals surface area contributed by atoms with Crippen LogP contribution in [0.4, 0.5) is 0 Å². The summed E-state index contributed by atoms with van der Waals surface area (Å²) in [5.41, 5.74) is 8.04. The highest BCUT2D eigenvalue weighted by atomic mass is 16.2.